The van der Waals surface area contributed by atoms with Crippen LogP contribution in [0.1, 0.15) is 48.9 Å². The highest BCUT2D eigenvalue weighted by molar-refractivity contribution is 7.14. The molecule has 2 N–H and O–H groups in total. The highest BCUT2D eigenvalue weighted by Crippen LogP contribution is 2.32. The molecule has 188 valence electrons. The second kappa shape index (κ2) is 10.5. The van der Waals surface area contributed by atoms with Gasteiger partial charge in [0.2, 0.25) is 5.95 Å². The van der Waals surface area contributed by atoms with Gasteiger partial charge in [-0.15, -0.1) is 11.3 Å². The Hall–Kier alpha value is -4.04. The first-order chi connectivity index (χ1) is 17.9. The van der Waals surface area contributed by atoms with Crippen LogP contribution in [0.15, 0.2) is 60.8 Å². The maximum absolute atomic E-state index is 13.0. The molecule has 4 aromatic rings. The summed E-state index contributed by atoms with van der Waals surface area (Å²) in [6, 6.07) is 16.9. The van der Waals surface area contributed by atoms with Crippen molar-refractivity contribution in [1.29, 1.82) is 0 Å². The fraction of sp³-hybridized carbons (Fsp3) is 0.241. The molecule has 0 atom stereocenters. The third-order valence-electron chi connectivity index (χ3n) is 6.53. The van der Waals surface area contributed by atoms with Gasteiger partial charge in [0, 0.05) is 47.7 Å². The van der Waals surface area contributed by atoms with E-state index in [9.17, 15) is 9.59 Å². The molecule has 0 aliphatic heterocycles. The van der Waals surface area contributed by atoms with E-state index in [0.29, 0.717) is 11.5 Å². The standard InChI is InChI=1S/C29H29N5O2S/c1-18-22(8-6-9-23(18)32-27(35)26-17-20-7-4-5-10-25(20)37-26)24-15-16-30-29(33-24)31-21-13-11-19(12-14-21)28(36)34(2)3/h6,8-9,11-17H,4-5,7,10H2,1-3H3,(H,32,35)(H,30,31,33). The third-order valence-corrected chi connectivity index (χ3v) is 7.76. The van der Waals surface area contributed by atoms with Crippen LogP contribution in [0, 0.1) is 6.92 Å². The van der Waals surface area contributed by atoms with E-state index in [1.807, 2.05) is 43.3 Å². The molecular formula is C29H29N5O2S. The summed E-state index contributed by atoms with van der Waals surface area (Å²) in [4.78, 5) is 37.9. The zero-order chi connectivity index (χ0) is 25.9. The monoisotopic (exact) mass is 511 g/mol. The van der Waals surface area contributed by atoms with Crippen molar-refractivity contribution in [2.24, 2.45) is 0 Å². The number of thiophene rings is 1. The summed E-state index contributed by atoms with van der Waals surface area (Å²) in [5, 5.41) is 6.31. The predicted molar refractivity (Wildman–Crippen MR) is 149 cm³/mol. The summed E-state index contributed by atoms with van der Waals surface area (Å²) in [6.45, 7) is 1.99. The molecule has 1 aliphatic rings. The average molecular weight is 512 g/mol. The highest BCUT2D eigenvalue weighted by Gasteiger charge is 2.18. The molecule has 0 saturated carbocycles. The Morgan fingerprint density at radius 3 is 2.54 bits per heavy atom. The molecule has 0 saturated heterocycles. The molecule has 1 aliphatic carbocycles. The maximum atomic E-state index is 13.0. The number of anilines is 3. The molecule has 0 spiro atoms. The van der Waals surface area contributed by atoms with Gasteiger partial charge in [0.05, 0.1) is 10.6 Å². The molecule has 5 rings (SSSR count). The van der Waals surface area contributed by atoms with E-state index in [0.717, 1.165) is 45.9 Å². The number of nitrogens with zero attached hydrogens (tertiary/aromatic N) is 3. The van der Waals surface area contributed by atoms with Crippen molar-refractivity contribution >= 4 is 40.5 Å². The number of hydrogen-bond donors (Lipinski definition) is 2. The SMILES string of the molecule is Cc1c(NC(=O)c2cc3c(s2)CCCC3)cccc1-c1ccnc(Nc2ccc(C(=O)N(C)C)cc2)n1. The predicted octanol–water partition coefficient (Wildman–Crippen LogP) is 6.09. The van der Waals surface area contributed by atoms with Gasteiger partial charge < -0.3 is 15.5 Å². The van der Waals surface area contributed by atoms with Crippen molar-refractivity contribution in [3.63, 3.8) is 0 Å². The Kier molecular flexibility index (Phi) is 7.01. The van der Waals surface area contributed by atoms with Gasteiger partial charge in [-0.3, -0.25) is 9.59 Å². The minimum Gasteiger partial charge on any atom is -0.345 e. The maximum Gasteiger partial charge on any atom is 0.265 e. The van der Waals surface area contributed by atoms with E-state index in [-0.39, 0.29) is 11.8 Å². The third kappa shape index (κ3) is 5.39. The molecule has 0 bridgehead atoms. The Labute approximate surface area is 220 Å². The number of carbonyl (C=O) groups is 2. The molecule has 0 radical (unpaired) electrons. The van der Waals surface area contributed by atoms with Crippen LogP contribution >= 0.6 is 11.3 Å². The van der Waals surface area contributed by atoms with Gasteiger partial charge in [-0.05, 0) is 86.2 Å². The van der Waals surface area contributed by atoms with E-state index in [2.05, 4.69) is 21.7 Å². The van der Waals surface area contributed by atoms with Crippen molar-refractivity contribution in [3.05, 3.63) is 87.2 Å². The number of fused-ring (bicyclic) bond motifs is 1. The van der Waals surface area contributed by atoms with Gasteiger partial charge in [0.25, 0.3) is 11.8 Å². The van der Waals surface area contributed by atoms with Crippen LogP contribution < -0.4 is 10.6 Å². The average Bonchev–Trinajstić information content (AvgIpc) is 3.35. The van der Waals surface area contributed by atoms with Crippen molar-refractivity contribution in [2.45, 2.75) is 32.6 Å². The Morgan fingerprint density at radius 1 is 1.00 bits per heavy atom. The molecule has 0 unspecified atom stereocenters. The van der Waals surface area contributed by atoms with Crippen molar-refractivity contribution in [2.75, 3.05) is 24.7 Å². The second-order valence-electron chi connectivity index (χ2n) is 9.37. The van der Waals surface area contributed by atoms with Gasteiger partial charge in [0.1, 0.15) is 0 Å². The van der Waals surface area contributed by atoms with E-state index >= 15 is 0 Å². The lowest BCUT2D eigenvalue weighted by Gasteiger charge is -2.13. The van der Waals surface area contributed by atoms with Crippen molar-refractivity contribution in [1.82, 2.24) is 14.9 Å². The Bertz CT molecular complexity index is 1440. The number of benzene rings is 2. The minimum absolute atomic E-state index is 0.0501. The van der Waals surface area contributed by atoms with E-state index in [1.165, 1.54) is 23.3 Å². The Morgan fingerprint density at radius 2 is 1.78 bits per heavy atom. The lowest BCUT2D eigenvalue weighted by molar-refractivity contribution is 0.0827. The molecule has 0 fully saturated rings. The van der Waals surface area contributed by atoms with Gasteiger partial charge in [-0.2, -0.15) is 0 Å². The molecular weight excluding hydrogens is 482 g/mol. The van der Waals surface area contributed by atoms with Gasteiger partial charge in [-0.1, -0.05) is 12.1 Å². The quantitative estimate of drug-likeness (QED) is 0.327. The van der Waals surface area contributed by atoms with E-state index in [4.69, 9.17) is 4.98 Å². The number of amides is 2. The number of aromatic nitrogens is 2. The second-order valence-corrected chi connectivity index (χ2v) is 10.5. The number of hydrogen-bond acceptors (Lipinski definition) is 6. The fourth-order valence-electron chi connectivity index (χ4n) is 4.49. The van der Waals surface area contributed by atoms with Crippen LogP contribution in [0.4, 0.5) is 17.3 Å². The van der Waals surface area contributed by atoms with E-state index in [1.54, 1.807) is 48.7 Å². The number of aryl methyl sites for hydroxylation is 2. The number of nitrogens with one attached hydrogen (secondary N) is 2. The largest absolute Gasteiger partial charge is 0.345 e. The van der Waals surface area contributed by atoms with Crippen LogP contribution in [0.3, 0.4) is 0 Å². The molecule has 2 aromatic carbocycles. The Balaban J connectivity index is 1.33. The topological polar surface area (TPSA) is 87.2 Å². The van der Waals surface area contributed by atoms with Crippen LogP contribution in [-0.2, 0) is 12.8 Å². The molecule has 2 heterocycles. The molecule has 8 heteroatoms. The van der Waals surface area contributed by atoms with Gasteiger partial charge in [-0.25, -0.2) is 9.97 Å². The minimum atomic E-state index is -0.0686. The summed E-state index contributed by atoms with van der Waals surface area (Å²) in [6.07, 6.45) is 6.24. The summed E-state index contributed by atoms with van der Waals surface area (Å²) in [5.41, 5.74) is 6.09. The molecule has 2 amide bonds. The zero-order valence-electron chi connectivity index (χ0n) is 21.2. The van der Waals surface area contributed by atoms with Crippen LogP contribution in [0.5, 0.6) is 0 Å². The highest BCUT2D eigenvalue weighted by atomic mass is 32.1. The number of rotatable bonds is 6. The molecule has 7 nitrogen and oxygen atoms in total. The summed E-state index contributed by atoms with van der Waals surface area (Å²) < 4.78 is 0. The molecule has 2 aromatic heterocycles. The van der Waals surface area contributed by atoms with Gasteiger partial charge in [0.15, 0.2) is 0 Å². The summed E-state index contributed by atoms with van der Waals surface area (Å²) >= 11 is 1.61. The zero-order valence-corrected chi connectivity index (χ0v) is 22.0. The van der Waals surface area contributed by atoms with Crippen LogP contribution in [0.25, 0.3) is 11.3 Å². The van der Waals surface area contributed by atoms with E-state index < -0.39 is 0 Å². The molecule has 37 heavy (non-hydrogen) atoms. The summed E-state index contributed by atoms with van der Waals surface area (Å²) in [7, 11) is 3.45. The van der Waals surface area contributed by atoms with Crippen molar-refractivity contribution in [3.8, 4) is 11.3 Å². The number of carbonyl (C=O) groups excluding carboxylic acids is 2. The smallest absolute Gasteiger partial charge is 0.265 e. The lowest BCUT2D eigenvalue weighted by Crippen LogP contribution is -2.21. The first-order valence-electron chi connectivity index (χ1n) is 12.3. The normalized spacial score (nSPS) is 12.5. The fourth-order valence-corrected chi connectivity index (χ4v) is 5.64. The van der Waals surface area contributed by atoms with Gasteiger partial charge >= 0.3 is 0 Å². The van der Waals surface area contributed by atoms with Crippen LogP contribution in [-0.4, -0.2) is 40.8 Å². The lowest BCUT2D eigenvalue weighted by atomic mass is 9.99. The summed E-state index contributed by atoms with van der Waals surface area (Å²) in [5.74, 6) is 0.328. The first-order valence-corrected chi connectivity index (χ1v) is 13.2. The van der Waals surface area contributed by atoms with Crippen molar-refractivity contribution < 1.29 is 9.59 Å². The first kappa shape index (κ1) is 24.6. The van der Waals surface area contributed by atoms with Crippen LogP contribution in [0.2, 0.25) is 0 Å².